The van der Waals surface area contributed by atoms with E-state index in [9.17, 15) is 4.79 Å². The summed E-state index contributed by atoms with van der Waals surface area (Å²) >= 11 is 5.31. The van der Waals surface area contributed by atoms with Gasteiger partial charge in [0, 0.05) is 18.5 Å². The standard InChI is InChI=1S/C21H24N4O2S/c1-15-6-8-17(9-7-15)20-23-24-21(28)25(20)12-10-19(26)22-11-13-27-18-5-3-4-16(2)14-18/h3-9,14H,10-13H2,1-2H3,(H,22,26)(H,24,28). The van der Waals surface area contributed by atoms with Gasteiger partial charge >= 0.3 is 0 Å². The Morgan fingerprint density at radius 3 is 2.71 bits per heavy atom. The second-order valence-corrected chi connectivity index (χ2v) is 7.02. The molecular formula is C21H24N4O2S. The van der Waals surface area contributed by atoms with Crippen molar-refractivity contribution in [2.75, 3.05) is 13.2 Å². The molecule has 0 unspecified atom stereocenters. The fraction of sp³-hybridized carbons (Fsp3) is 0.286. The number of nitrogens with one attached hydrogen (secondary N) is 2. The van der Waals surface area contributed by atoms with Crippen molar-refractivity contribution in [3.63, 3.8) is 0 Å². The summed E-state index contributed by atoms with van der Waals surface area (Å²) in [5.41, 5.74) is 3.28. The fourth-order valence-corrected chi connectivity index (χ4v) is 3.04. The Morgan fingerprint density at radius 2 is 1.96 bits per heavy atom. The molecule has 0 aliphatic heterocycles. The number of hydrogen-bond donors (Lipinski definition) is 2. The first kappa shape index (κ1) is 19.8. The molecule has 3 aromatic rings. The Kier molecular flexibility index (Phi) is 6.60. The largest absolute Gasteiger partial charge is 0.492 e. The maximum Gasteiger partial charge on any atom is 0.221 e. The number of nitrogens with zero attached hydrogens (tertiary/aromatic N) is 2. The summed E-state index contributed by atoms with van der Waals surface area (Å²) in [5, 5.41) is 9.99. The lowest BCUT2D eigenvalue weighted by Crippen LogP contribution is -2.28. The second-order valence-electron chi connectivity index (χ2n) is 6.63. The maximum atomic E-state index is 12.2. The van der Waals surface area contributed by atoms with Gasteiger partial charge in [0.25, 0.3) is 0 Å². The Balaban J connectivity index is 1.49. The van der Waals surface area contributed by atoms with Crippen LogP contribution in [0.5, 0.6) is 5.75 Å². The maximum absolute atomic E-state index is 12.2. The zero-order chi connectivity index (χ0) is 19.9. The Morgan fingerprint density at radius 1 is 1.18 bits per heavy atom. The molecule has 0 bridgehead atoms. The molecule has 0 spiro atoms. The van der Waals surface area contributed by atoms with Crippen LogP contribution in [0.4, 0.5) is 0 Å². The number of carbonyl (C=O) groups excluding carboxylic acids is 1. The summed E-state index contributed by atoms with van der Waals surface area (Å²) < 4.78 is 8.00. The molecule has 0 radical (unpaired) electrons. The van der Waals surface area contributed by atoms with Crippen LogP contribution in [0, 0.1) is 18.6 Å². The van der Waals surface area contributed by atoms with E-state index in [1.165, 1.54) is 5.56 Å². The molecule has 2 N–H and O–H groups in total. The third kappa shape index (κ3) is 5.29. The predicted octanol–water partition coefficient (Wildman–Crippen LogP) is 3.81. The van der Waals surface area contributed by atoms with Crippen LogP contribution < -0.4 is 10.1 Å². The lowest BCUT2D eigenvalue weighted by atomic mass is 10.1. The van der Waals surface area contributed by atoms with Crippen LogP contribution in [0.3, 0.4) is 0 Å². The minimum atomic E-state index is -0.0502. The van der Waals surface area contributed by atoms with E-state index in [0.717, 1.165) is 22.7 Å². The van der Waals surface area contributed by atoms with Gasteiger partial charge in [-0.2, -0.15) is 5.10 Å². The van der Waals surface area contributed by atoms with Crippen LogP contribution in [0.15, 0.2) is 48.5 Å². The number of ether oxygens (including phenoxy) is 1. The van der Waals surface area contributed by atoms with Crippen molar-refractivity contribution in [1.82, 2.24) is 20.1 Å². The third-order valence-electron chi connectivity index (χ3n) is 4.31. The number of amides is 1. The molecule has 2 aromatic carbocycles. The number of benzene rings is 2. The molecular weight excluding hydrogens is 372 g/mol. The zero-order valence-corrected chi connectivity index (χ0v) is 16.9. The lowest BCUT2D eigenvalue weighted by molar-refractivity contribution is -0.121. The summed E-state index contributed by atoms with van der Waals surface area (Å²) in [5.74, 6) is 1.49. The number of carbonyl (C=O) groups is 1. The molecule has 0 aliphatic rings. The van der Waals surface area contributed by atoms with Gasteiger partial charge in [-0.1, -0.05) is 42.0 Å². The van der Waals surface area contributed by atoms with Crippen LogP contribution in [0.25, 0.3) is 11.4 Å². The first-order valence-electron chi connectivity index (χ1n) is 9.21. The van der Waals surface area contributed by atoms with Gasteiger partial charge in [0.1, 0.15) is 12.4 Å². The molecule has 0 saturated carbocycles. The fourth-order valence-electron chi connectivity index (χ4n) is 2.81. The monoisotopic (exact) mass is 396 g/mol. The molecule has 3 rings (SSSR count). The number of H-pyrrole nitrogens is 1. The Bertz CT molecular complexity index is 992. The SMILES string of the molecule is Cc1ccc(-c2n[nH]c(=S)n2CCC(=O)NCCOc2cccc(C)c2)cc1. The minimum absolute atomic E-state index is 0.0502. The van der Waals surface area contributed by atoms with E-state index in [4.69, 9.17) is 17.0 Å². The molecule has 28 heavy (non-hydrogen) atoms. The number of hydrogen-bond acceptors (Lipinski definition) is 4. The predicted molar refractivity (Wildman–Crippen MR) is 112 cm³/mol. The van der Waals surface area contributed by atoms with Crippen molar-refractivity contribution in [1.29, 1.82) is 0 Å². The van der Waals surface area contributed by atoms with Crippen molar-refractivity contribution < 1.29 is 9.53 Å². The van der Waals surface area contributed by atoms with Gasteiger partial charge in [-0.15, -0.1) is 0 Å². The van der Waals surface area contributed by atoms with Crippen molar-refractivity contribution in [3.8, 4) is 17.1 Å². The molecule has 0 atom stereocenters. The molecule has 6 nitrogen and oxygen atoms in total. The molecule has 1 aromatic heterocycles. The summed E-state index contributed by atoms with van der Waals surface area (Å²) in [6.45, 7) is 5.39. The average Bonchev–Trinajstić information content (AvgIpc) is 3.05. The van der Waals surface area contributed by atoms with Gasteiger partial charge in [-0.05, 0) is 43.8 Å². The van der Waals surface area contributed by atoms with Gasteiger partial charge < -0.3 is 10.1 Å². The summed E-state index contributed by atoms with van der Waals surface area (Å²) in [6.07, 6.45) is 0.317. The Labute approximate surface area is 169 Å². The van der Waals surface area contributed by atoms with Crippen LogP contribution in [0.1, 0.15) is 17.5 Å². The van der Waals surface area contributed by atoms with Gasteiger partial charge in [0.2, 0.25) is 5.91 Å². The zero-order valence-electron chi connectivity index (χ0n) is 16.1. The molecule has 7 heteroatoms. The average molecular weight is 397 g/mol. The highest BCUT2D eigenvalue weighted by molar-refractivity contribution is 7.71. The van der Waals surface area contributed by atoms with Crippen LogP contribution >= 0.6 is 12.2 Å². The third-order valence-corrected chi connectivity index (χ3v) is 4.62. The number of aryl methyl sites for hydroxylation is 2. The lowest BCUT2D eigenvalue weighted by Gasteiger charge is -2.09. The van der Waals surface area contributed by atoms with E-state index in [1.54, 1.807) is 0 Å². The van der Waals surface area contributed by atoms with Gasteiger partial charge in [-0.3, -0.25) is 14.5 Å². The normalized spacial score (nSPS) is 10.6. The minimum Gasteiger partial charge on any atom is -0.492 e. The van der Waals surface area contributed by atoms with E-state index in [1.807, 2.05) is 66.9 Å². The topological polar surface area (TPSA) is 71.9 Å². The van der Waals surface area contributed by atoms with Crippen LogP contribution in [-0.4, -0.2) is 33.8 Å². The first-order valence-corrected chi connectivity index (χ1v) is 9.62. The molecule has 0 aliphatic carbocycles. The second kappa shape index (κ2) is 9.32. The highest BCUT2D eigenvalue weighted by Gasteiger charge is 2.10. The molecule has 0 saturated heterocycles. The highest BCUT2D eigenvalue weighted by Crippen LogP contribution is 2.18. The quantitative estimate of drug-likeness (QED) is 0.449. The molecule has 146 valence electrons. The van der Waals surface area contributed by atoms with E-state index < -0.39 is 0 Å². The first-order chi connectivity index (χ1) is 13.5. The molecule has 0 fully saturated rings. The number of aromatic amines is 1. The Hall–Kier alpha value is -2.93. The van der Waals surface area contributed by atoms with Crippen molar-refractivity contribution in [2.24, 2.45) is 0 Å². The van der Waals surface area contributed by atoms with Crippen LogP contribution in [-0.2, 0) is 11.3 Å². The van der Waals surface area contributed by atoms with E-state index in [2.05, 4.69) is 15.5 Å². The van der Waals surface area contributed by atoms with Crippen LogP contribution in [0.2, 0.25) is 0 Å². The number of rotatable bonds is 8. The van der Waals surface area contributed by atoms with Gasteiger partial charge in [-0.25, -0.2) is 0 Å². The van der Waals surface area contributed by atoms with Crippen molar-refractivity contribution in [2.45, 2.75) is 26.8 Å². The highest BCUT2D eigenvalue weighted by atomic mass is 32.1. The molecule has 1 amide bonds. The summed E-state index contributed by atoms with van der Waals surface area (Å²) in [6, 6.07) is 15.9. The van der Waals surface area contributed by atoms with Gasteiger partial charge in [0.15, 0.2) is 10.6 Å². The molecule has 1 heterocycles. The van der Waals surface area contributed by atoms with E-state index in [-0.39, 0.29) is 5.91 Å². The van der Waals surface area contributed by atoms with Crippen molar-refractivity contribution in [3.05, 3.63) is 64.4 Å². The smallest absolute Gasteiger partial charge is 0.221 e. The van der Waals surface area contributed by atoms with E-state index >= 15 is 0 Å². The number of aromatic nitrogens is 3. The summed E-state index contributed by atoms with van der Waals surface area (Å²) in [7, 11) is 0. The summed E-state index contributed by atoms with van der Waals surface area (Å²) in [4.78, 5) is 12.2. The van der Waals surface area contributed by atoms with Crippen molar-refractivity contribution >= 4 is 18.1 Å². The van der Waals surface area contributed by atoms with Gasteiger partial charge in [0.05, 0.1) is 6.54 Å². The van der Waals surface area contributed by atoms with E-state index in [0.29, 0.717) is 30.9 Å².